The second kappa shape index (κ2) is 8.26. The first-order chi connectivity index (χ1) is 12.6. The molecule has 2 aromatic carbocycles. The predicted molar refractivity (Wildman–Crippen MR) is 107 cm³/mol. The number of carbonyl (C=O) groups is 1. The van der Waals surface area contributed by atoms with Gasteiger partial charge in [0.2, 0.25) is 0 Å². The van der Waals surface area contributed by atoms with E-state index in [1.807, 2.05) is 60.7 Å². The number of benzene rings is 2. The fourth-order valence-electron chi connectivity index (χ4n) is 2.68. The largest absolute Gasteiger partial charge is 0.310 e. The molecule has 1 atom stereocenters. The fraction of sp³-hybridized carbons (Fsp3) is 0.130. The van der Waals surface area contributed by atoms with Gasteiger partial charge in [-0.3, -0.25) is 9.78 Å². The van der Waals surface area contributed by atoms with Gasteiger partial charge in [-0.15, -0.1) is 0 Å². The van der Waals surface area contributed by atoms with Crippen LogP contribution < -0.4 is 4.90 Å². The van der Waals surface area contributed by atoms with Gasteiger partial charge in [-0.25, -0.2) is 0 Å². The minimum Gasteiger partial charge on any atom is -0.310 e. The number of nitrogens with zero attached hydrogens (tertiary/aromatic N) is 2. The zero-order chi connectivity index (χ0) is 18.4. The molecule has 0 saturated carbocycles. The van der Waals surface area contributed by atoms with E-state index in [-0.39, 0.29) is 11.8 Å². The maximum atomic E-state index is 12.5. The van der Waals surface area contributed by atoms with Gasteiger partial charge in [0.25, 0.3) is 5.91 Å². The van der Waals surface area contributed by atoms with Crippen LogP contribution in [-0.4, -0.2) is 17.9 Å². The van der Waals surface area contributed by atoms with Crippen LogP contribution in [0.25, 0.3) is 6.08 Å². The van der Waals surface area contributed by atoms with E-state index in [0.29, 0.717) is 5.56 Å². The summed E-state index contributed by atoms with van der Waals surface area (Å²) < 4.78 is 0. The van der Waals surface area contributed by atoms with Crippen LogP contribution in [0.3, 0.4) is 0 Å². The van der Waals surface area contributed by atoms with Crippen LogP contribution >= 0.6 is 0 Å². The van der Waals surface area contributed by atoms with Crippen LogP contribution in [0.2, 0.25) is 0 Å². The number of allylic oxidation sites excluding steroid dienone is 1. The third kappa shape index (κ3) is 4.25. The highest BCUT2D eigenvalue weighted by atomic mass is 16.2. The molecule has 130 valence electrons. The molecule has 0 saturated heterocycles. The van der Waals surface area contributed by atoms with Crippen molar-refractivity contribution in [3.8, 4) is 0 Å². The zero-order valence-corrected chi connectivity index (χ0v) is 15.0. The van der Waals surface area contributed by atoms with Gasteiger partial charge in [0.1, 0.15) is 0 Å². The normalized spacial score (nSPS) is 12.1. The van der Waals surface area contributed by atoms with E-state index in [1.165, 1.54) is 5.56 Å². The van der Waals surface area contributed by atoms with Crippen LogP contribution in [0.5, 0.6) is 0 Å². The van der Waals surface area contributed by atoms with Crippen LogP contribution in [0.1, 0.15) is 34.5 Å². The molecule has 1 heterocycles. The van der Waals surface area contributed by atoms with E-state index in [2.05, 4.69) is 36.2 Å². The quantitative estimate of drug-likeness (QED) is 0.640. The Hall–Kier alpha value is -3.20. The predicted octanol–water partition coefficient (Wildman–Crippen LogP) is 5.18. The smallest absolute Gasteiger partial charge is 0.258 e. The molecule has 3 rings (SSSR count). The molecule has 26 heavy (non-hydrogen) atoms. The minimum absolute atomic E-state index is 0.0443. The van der Waals surface area contributed by atoms with Crippen molar-refractivity contribution in [3.63, 3.8) is 0 Å². The Balaban J connectivity index is 1.70. The Kier molecular flexibility index (Phi) is 5.59. The van der Waals surface area contributed by atoms with Crippen LogP contribution in [0, 0.1) is 0 Å². The Morgan fingerprint density at radius 1 is 0.962 bits per heavy atom. The molecule has 0 aliphatic carbocycles. The Morgan fingerprint density at radius 2 is 1.62 bits per heavy atom. The van der Waals surface area contributed by atoms with Gasteiger partial charge in [0.05, 0.1) is 11.9 Å². The molecule has 3 heteroatoms. The minimum atomic E-state index is -0.0443. The highest BCUT2D eigenvalue weighted by Crippen LogP contribution is 2.20. The van der Waals surface area contributed by atoms with Gasteiger partial charge in [0, 0.05) is 24.2 Å². The molecule has 0 aliphatic heterocycles. The second-order valence-electron chi connectivity index (χ2n) is 6.23. The molecule has 1 aromatic heterocycles. The van der Waals surface area contributed by atoms with E-state index in [4.69, 9.17) is 0 Å². The number of pyridine rings is 1. The van der Waals surface area contributed by atoms with Gasteiger partial charge in [-0.2, -0.15) is 0 Å². The summed E-state index contributed by atoms with van der Waals surface area (Å²) >= 11 is 0. The van der Waals surface area contributed by atoms with Gasteiger partial charge in [-0.1, -0.05) is 67.6 Å². The number of carbonyl (C=O) groups excluding carboxylic acids is 1. The highest BCUT2D eigenvalue weighted by molar-refractivity contribution is 6.05. The van der Waals surface area contributed by atoms with Gasteiger partial charge in [-0.05, 0) is 29.8 Å². The van der Waals surface area contributed by atoms with E-state index >= 15 is 0 Å². The number of amides is 1. The standard InChI is InChI=1S/C23H22N2O/c1-18(13-14-19-9-5-3-6-10-19)22-16-15-21(17-24-22)25(2)23(26)20-11-7-4-8-12-20/h3-18H,1-2H3. The van der Waals surface area contributed by atoms with Gasteiger partial charge >= 0.3 is 0 Å². The maximum Gasteiger partial charge on any atom is 0.258 e. The molecule has 0 fully saturated rings. The first-order valence-corrected chi connectivity index (χ1v) is 8.67. The second-order valence-corrected chi connectivity index (χ2v) is 6.23. The molecule has 1 unspecified atom stereocenters. The average molecular weight is 342 g/mol. The summed E-state index contributed by atoms with van der Waals surface area (Å²) in [7, 11) is 1.77. The van der Waals surface area contributed by atoms with E-state index in [0.717, 1.165) is 11.4 Å². The van der Waals surface area contributed by atoms with Crippen LogP contribution in [-0.2, 0) is 0 Å². The van der Waals surface area contributed by atoms with Crippen molar-refractivity contribution in [2.75, 3.05) is 11.9 Å². The summed E-state index contributed by atoms with van der Waals surface area (Å²) in [6, 6.07) is 23.4. The van der Waals surface area contributed by atoms with Crippen LogP contribution in [0.15, 0.2) is 85.1 Å². The van der Waals surface area contributed by atoms with Crippen molar-refractivity contribution in [2.45, 2.75) is 12.8 Å². The Bertz CT molecular complexity index is 871. The number of aromatic nitrogens is 1. The third-order valence-electron chi connectivity index (χ3n) is 4.33. The SMILES string of the molecule is CC(C=Cc1ccccc1)c1ccc(N(C)C(=O)c2ccccc2)cn1. The topological polar surface area (TPSA) is 33.2 Å². The zero-order valence-electron chi connectivity index (χ0n) is 15.0. The van der Waals surface area contributed by atoms with E-state index in [1.54, 1.807) is 18.1 Å². The third-order valence-corrected chi connectivity index (χ3v) is 4.33. The highest BCUT2D eigenvalue weighted by Gasteiger charge is 2.13. The summed E-state index contributed by atoms with van der Waals surface area (Å²) in [5.41, 5.74) is 3.59. The lowest BCUT2D eigenvalue weighted by Gasteiger charge is -2.17. The molecule has 1 amide bonds. The van der Waals surface area contributed by atoms with Gasteiger partial charge in [0.15, 0.2) is 0 Å². The van der Waals surface area contributed by atoms with Crippen LogP contribution in [0.4, 0.5) is 5.69 Å². The summed E-state index contributed by atoms with van der Waals surface area (Å²) in [4.78, 5) is 18.7. The number of anilines is 1. The lowest BCUT2D eigenvalue weighted by molar-refractivity contribution is 0.0993. The lowest BCUT2D eigenvalue weighted by Crippen LogP contribution is -2.26. The molecular weight excluding hydrogens is 320 g/mol. The number of hydrogen-bond donors (Lipinski definition) is 0. The van der Waals surface area contributed by atoms with E-state index in [9.17, 15) is 4.79 Å². The summed E-state index contributed by atoms with van der Waals surface area (Å²) in [5, 5.41) is 0. The van der Waals surface area contributed by atoms with Crippen molar-refractivity contribution in [2.24, 2.45) is 0 Å². The van der Waals surface area contributed by atoms with Crippen molar-refractivity contribution < 1.29 is 4.79 Å². The molecule has 0 radical (unpaired) electrons. The Labute approximate surface area is 154 Å². The average Bonchev–Trinajstić information content (AvgIpc) is 2.72. The van der Waals surface area contributed by atoms with Gasteiger partial charge < -0.3 is 4.90 Å². The Morgan fingerprint density at radius 3 is 2.23 bits per heavy atom. The molecule has 0 spiro atoms. The van der Waals surface area contributed by atoms with E-state index < -0.39 is 0 Å². The molecular formula is C23H22N2O. The van der Waals surface area contributed by atoms with Crippen molar-refractivity contribution in [3.05, 3.63) is 102 Å². The summed E-state index contributed by atoms with van der Waals surface area (Å²) in [6.07, 6.45) is 5.99. The van der Waals surface area contributed by atoms with Crippen molar-refractivity contribution >= 4 is 17.7 Å². The molecule has 0 aliphatic rings. The summed E-state index contributed by atoms with van der Waals surface area (Å²) in [5.74, 6) is 0.150. The van der Waals surface area contributed by atoms with Crippen molar-refractivity contribution in [1.82, 2.24) is 4.98 Å². The molecule has 3 aromatic rings. The first-order valence-electron chi connectivity index (χ1n) is 8.67. The first kappa shape index (κ1) is 17.6. The number of hydrogen-bond acceptors (Lipinski definition) is 2. The lowest BCUT2D eigenvalue weighted by atomic mass is 10.0. The molecule has 0 bridgehead atoms. The molecule has 3 nitrogen and oxygen atoms in total. The number of rotatable bonds is 5. The fourth-order valence-corrected chi connectivity index (χ4v) is 2.68. The maximum absolute atomic E-state index is 12.5. The molecule has 0 N–H and O–H groups in total. The monoisotopic (exact) mass is 342 g/mol. The summed E-state index contributed by atoms with van der Waals surface area (Å²) in [6.45, 7) is 2.11. The van der Waals surface area contributed by atoms with Crippen molar-refractivity contribution in [1.29, 1.82) is 0 Å².